The van der Waals surface area contributed by atoms with E-state index in [9.17, 15) is 14.7 Å². The van der Waals surface area contributed by atoms with E-state index in [4.69, 9.17) is 4.74 Å². The average molecular weight is 344 g/mol. The van der Waals surface area contributed by atoms with Crippen LogP contribution in [-0.2, 0) is 9.53 Å². The van der Waals surface area contributed by atoms with Crippen molar-refractivity contribution in [3.8, 4) is 0 Å². The number of carbonyl (C=O) groups excluding carboxylic acids is 1. The van der Waals surface area contributed by atoms with Crippen LogP contribution in [0.4, 0.5) is 4.79 Å². The third kappa shape index (κ3) is 7.99. The van der Waals surface area contributed by atoms with Gasteiger partial charge in [-0.25, -0.2) is 4.79 Å². The van der Waals surface area contributed by atoms with E-state index in [1.54, 1.807) is 32.7 Å². The quantitative estimate of drug-likeness (QED) is 0.623. The van der Waals surface area contributed by atoms with E-state index in [-0.39, 0.29) is 12.1 Å². The Labute approximate surface area is 146 Å². The van der Waals surface area contributed by atoms with E-state index >= 15 is 0 Å². The number of alkyl carbamates (subject to hydrolysis) is 1. The molecule has 0 rings (SSSR count). The molecule has 0 saturated carbocycles. The van der Waals surface area contributed by atoms with E-state index in [1.165, 1.54) is 0 Å². The standard InChI is InChI=1S/C18H36N2O4/c1-9-12(3)11-14(19-17(23)24-18(5,6)7)20(8)15(16(21)22)13(4)10-2/h12-15H,9-11H2,1-8H3,(H,19,23)(H,21,22). The lowest BCUT2D eigenvalue weighted by Crippen LogP contribution is -2.56. The van der Waals surface area contributed by atoms with Gasteiger partial charge in [0.2, 0.25) is 0 Å². The first kappa shape index (κ1) is 22.7. The van der Waals surface area contributed by atoms with Crippen molar-refractivity contribution in [2.24, 2.45) is 11.8 Å². The van der Waals surface area contributed by atoms with Gasteiger partial charge >= 0.3 is 12.1 Å². The fourth-order valence-corrected chi connectivity index (χ4v) is 2.55. The average Bonchev–Trinajstić information content (AvgIpc) is 2.43. The second-order valence-electron chi connectivity index (χ2n) is 7.75. The van der Waals surface area contributed by atoms with Gasteiger partial charge in [-0.15, -0.1) is 0 Å². The van der Waals surface area contributed by atoms with E-state index in [1.807, 2.05) is 13.8 Å². The highest BCUT2D eigenvalue weighted by atomic mass is 16.6. The highest BCUT2D eigenvalue weighted by molar-refractivity contribution is 5.74. The van der Waals surface area contributed by atoms with Crippen LogP contribution >= 0.6 is 0 Å². The van der Waals surface area contributed by atoms with Crippen LogP contribution < -0.4 is 5.32 Å². The zero-order valence-corrected chi connectivity index (χ0v) is 16.5. The molecule has 0 radical (unpaired) electrons. The van der Waals surface area contributed by atoms with Gasteiger partial charge in [0.25, 0.3) is 0 Å². The van der Waals surface area contributed by atoms with E-state index in [0.29, 0.717) is 12.3 Å². The highest BCUT2D eigenvalue weighted by Gasteiger charge is 2.34. The summed E-state index contributed by atoms with van der Waals surface area (Å²) in [7, 11) is 1.76. The normalized spacial score (nSPS) is 17.0. The molecule has 0 spiro atoms. The van der Waals surface area contributed by atoms with Crippen molar-refractivity contribution in [1.82, 2.24) is 10.2 Å². The molecule has 0 fully saturated rings. The monoisotopic (exact) mass is 344 g/mol. The van der Waals surface area contributed by atoms with Gasteiger partial charge < -0.3 is 15.2 Å². The molecule has 0 aromatic rings. The van der Waals surface area contributed by atoms with Gasteiger partial charge in [0.15, 0.2) is 0 Å². The number of carbonyl (C=O) groups is 2. The molecule has 0 heterocycles. The zero-order chi connectivity index (χ0) is 19.1. The van der Waals surface area contributed by atoms with E-state index in [0.717, 1.165) is 12.8 Å². The Kier molecular flexibility index (Phi) is 9.33. The van der Waals surface area contributed by atoms with Crippen molar-refractivity contribution in [3.63, 3.8) is 0 Å². The fourth-order valence-electron chi connectivity index (χ4n) is 2.55. The Morgan fingerprint density at radius 2 is 1.71 bits per heavy atom. The Bertz CT molecular complexity index is 406. The molecule has 0 aliphatic heterocycles. The van der Waals surface area contributed by atoms with Crippen LogP contribution in [0.3, 0.4) is 0 Å². The molecular weight excluding hydrogens is 308 g/mol. The Morgan fingerprint density at radius 1 is 1.17 bits per heavy atom. The van der Waals surface area contributed by atoms with Gasteiger partial charge in [-0.2, -0.15) is 0 Å². The first-order valence-corrected chi connectivity index (χ1v) is 8.87. The Hall–Kier alpha value is -1.30. The van der Waals surface area contributed by atoms with Crippen LogP contribution in [0.15, 0.2) is 0 Å². The molecule has 4 unspecified atom stereocenters. The van der Waals surface area contributed by atoms with Crippen LogP contribution in [0.1, 0.15) is 67.7 Å². The van der Waals surface area contributed by atoms with Crippen molar-refractivity contribution in [2.45, 2.75) is 85.5 Å². The van der Waals surface area contributed by atoms with Crippen molar-refractivity contribution in [2.75, 3.05) is 7.05 Å². The summed E-state index contributed by atoms with van der Waals surface area (Å²) in [5.74, 6) is -0.530. The number of ether oxygens (including phenoxy) is 1. The number of hydrogen-bond donors (Lipinski definition) is 2. The first-order valence-electron chi connectivity index (χ1n) is 8.87. The fraction of sp³-hybridized carbons (Fsp3) is 0.889. The molecule has 0 saturated heterocycles. The predicted octanol–water partition coefficient (Wildman–Crippen LogP) is 3.70. The number of hydrogen-bond acceptors (Lipinski definition) is 4. The van der Waals surface area contributed by atoms with Crippen molar-refractivity contribution >= 4 is 12.1 Å². The van der Waals surface area contributed by atoms with Crippen molar-refractivity contribution < 1.29 is 19.4 Å². The second-order valence-corrected chi connectivity index (χ2v) is 7.75. The molecule has 2 N–H and O–H groups in total. The van der Waals surface area contributed by atoms with Gasteiger partial charge in [-0.1, -0.05) is 40.5 Å². The summed E-state index contributed by atoms with van der Waals surface area (Å²) >= 11 is 0. The molecule has 4 atom stereocenters. The Morgan fingerprint density at radius 3 is 2.08 bits per heavy atom. The molecule has 0 aliphatic rings. The number of rotatable bonds is 9. The van der Waals surface area contributed by atoms with Gasteiger partial charge in [0.1, 0.15) is 11.6 Å². The molecule has 0 aromatic carbocycles. The lowest BCUT2D eigenvalue weighted by Gasteiger charge is -2.37. The number of carboxylic acid groups (broad SMARTS) is 1. The molecule has 24 heavy (non-hydrogen) atoms. The summed E-state index contributed by atoms with van der Waals surface area (Å²) in [6.45, 7) is 13.5. The van der Waals surface area contributed by atoms with Gasteiger partial charge in [0.05, 0.1) is 6.17 Å². The van der Waals surface area contributed by atoms with Crippen LogP contribution in [-0.4, -0.2) is 46.9 Å². The van der Waals surface area contributed by atoms with Crippen LogP contribution in [0.2, 0.25) is 0 Å². The smallest absolute Gasteiger partial charge is 0.408 e. The summed E-state index contributed by atoms with van der Waals surface area (Å²) in [6, 6.07) is -0.654. The summed E-state index contributed by atoms with van der Waals surface area (Å²) in [6.07, 6.45) is 1.48. The van der Waals surface area contributed by atoms with Gasteiger partial charge in [-0.05, 0) is 46.1 Å². The number of nitrogens with one attached hydrogen (secondary N) is 1. The summed E-state index contributed by atoms with van der Waals surface area (Å²) in [5.41, 5.74) is -0.591. The SMILES string of the molecule is CCC(C)CC(NC(=O)OC(C)(C)C)N(C)C(C(=O)O)C(C)CC. The summed E-state index contributed by atoms with van der Waals surface area (Å²) < 4.78 is 5.34. The minimum atomic E-state index is -0.869. The third-order valence-electron chi connectivity index (χ3n) is 4.37. The van der Waals surface area contributed by atoms with Crippen LogP contribution in [0.5, 0.6) is 0 Å². The van der Waals surface area contributed by atoms with Crippen LogP contribution in [0, 0.1) is 11.8 Å². The van der Waals surface area contributed by atoms with E-state index in [2.05, 4.69) is 19.2 Å². The topological polar surface area (TPSA) is 78.9 Å². The summed E-state index contributed by atoms with van der Waals surface area (Å²) in [5, 5.41) is 12.5. The number of nitrogens with zero attached hydrogens (tertiary/aromatic N) is 1. The van der Waals surface area contributed by atoms with Gasteiger partial charge in [-0.3, -0.25) is 9.69 Å². The molecule has 0 bridgehead atoms. The second kappa shape index (κ2) is 9.87. The number of likely N-dealkylation sites (N-methyl/N-ethyl adjacent to an activating group) is 1. The molecule has 6 heteroatoms. The maximum Gasteiger partial charge on any atom is 0.408 e. The largest absolute Gasteiger partial charge is 0.480 e. The molecule has 1 amide bonds. The molecule has 0 aromatic heterocycles. The maximum atomic E-state index is 12.2. The Balaban J connectivity index is 5.29. The lowest BCUT2D eigenvalue weighted by atomic mass is 9.95. The lowest BCUT2D eigenvalue weighted by molar-refractivity contribution is -0.146. The maximum absolute atomic E-state index is 12.2. The van der Waals surface area contributed by atoms with Crippen molar-refractivity contribution in [3.05, 3.63) is 0 Å². The van der Waals surface area contributed by atoms with Crippen molar-refractivity contribution in [1.29, 1.82) is 0 Å². The molecule has 142 valence electrons. The molecule has 6 nitrogen and oxygen atoms in total. The van der Waals surface area contributed by atoms with E-state index < -0.39 is 23.7 Å². The minimum Gasteiger partial charge on any atom is -0.480 e. The molecular formula is C18H36N2O4. The first-order chi connectivity index (χ1) is 10.9. The zero-order valence-electron chi connectivity index (χ0n) is 16.5. The van der Waals surface area contributed by atoms with Crippen LogP contribution in [0.25, 0.3) is 0 Å². The summed E-state index contributed by atoms with van der Waals surface area (Å²) in [4.78, 5) is 25.7. The number of aliphatic carboxylic acids is 1. The predicted molar refractivity (Wildman–Crippen MR) is 95.9 cm³/mol. The molecule has 0 aliphatic carbocycles. The van der Waals surface area contributed by atoms with Gasteiger partial charge in [0, 0.05) is 0 Å². The highest BCUT2D eigenvalue weighted by Crippen LogP contribution is 2.20. The number of carboxylic acids is 1. The minimum absolute atomic E-state index is 0.0210. The number of amides is 1. The third-order valence-corrected chi connectivity index (χ3v) is 4.37.